The maximum Gasteiger partial charge on any atom is 0.417 e. The van der Waals surface area contributed by atoms with Crippen molar-refractivity contribution in [2.45, 2.75) is 45.3 Å². The van der Waals surface area contributed by atoms with Gasteiger partial charge in [-0.25, -0.2) is 9.97 Å². The molecule has 1 N–H and O–H groups in total. The third-order valence-electron chi connectivity index (χ3n) is 6.45. The second-order valence-corrected chi connectivity index (χ2v) is 11.0. The zero-order chi connectivity index (χ0) is 26.3. The first-order valence-corrected chi connectivity index (χ1v) is 13.5. The number of nitrogens with one attached hydrogen (secondary N) is 1. The van der Waals surface area contributed by atoms with Crippen molar-refractivity contribution in [3.05, 3.63) is 63.5 Å². The summed E-state index contributed by atoms with van der Waals surface area (Å²) in [6.07, 6.45) is -0.457. The number of nitrogens with zero attached hydrogens (tertiary/aromatic N) is 4. The van der Waals surface area contributed by atoms with Crippen molar-refractivity contribution in [2.24, 2.45) is 0 Å². The maximum absolute atomic E-state index is 13.7. The van der Waals surface area contributed by atoms with Gasteiger partial charge in [0, 0.05) is 36.3 Å². The van der Waals surface area contributed by atoms with E-state index in [9.17, 15) is 22.8 Å². The molecule has 7 nitrogen and oxygen atoms in total. The van der Waals surface area contributed by atoms with Gasteiger partial charge in [-0.1, -0.05) is 18.2 Å². The molecule has 0 bridgehead atoms. The number of benzene rings is 1. The first kappa shape index (κ1) is 25.4. The molecule has 1 aromatic carbocycles. The van der Waals surface area contributed by atoms with Crippen LogP contribution in [0.2, 0.25) is 0 Å². The summed E-state index contributed by atoms with van der Waals surface area (Å²) in [6, 6.07) is 4.94. The van der Waals surface area contributed by atoms with Gasteiger partial charge in [-0.15, -0.1) is 22.7 Å². The summed E-state index contributed by atoms with van der Waals surface area (Å²) >= 11 is 2.51. The second kappa shape index (κ2) is 9.90. The minimum Gasteiger partial charge on any atom is -0.349 e. The quantitative estimate of drug-likeness (QED) is 0.354. The van der Waals surface area contributed by atoms with Gasteiger partial charge in [-0.3, -0.25) is 14.0 Å². The molecule has 5 rings (SSSR count). The van der Waals surface area contributed by atoms with E-state index >= 15 is 0 Å². The molecule has 4 heterocycles. The van der Waals surface area contributed by atoms with Crippen molar-refractivity contribution in [3.8, 4) is 10.4 Å². The Bertz CT molecular complexity index is 1470. The van der Waals surface area contributed by atoms with E-state index in [4.69, 9.17) is 0 Å². The number of aryl methyl sites for hydroxylation is 2. The number of amides is 2. The number of thiazole rings is 2. The number of aromatic nitrogens is 3. The van der Waals surface area contributed by atoms with Gasteiger partial charge < -0.3 is 10.2 Å². The van der Waals surface area contributed by atoms with Gasteiger partial charge in [-0.05, 0) is 39.2 Å². The Hall–Kier alpha value is -3.25. The summed E-state index contributed by atoms with van der Waals surface area (Å²) in [5.41, 5.74) is 0.231. The number of hydrogen-bond donors (Lipinski definition) is 1. The van der Waals surface area contributed by atoms with Crippen molar-refractivity contribution in [1.29, 1.82) is 0 Å². The highest BCUT2D eigenvalue weighted by molar-refractivity contribution is 7.15. The maximum atomic E-state index is 13.7. The van der Waals surface area contributed by atoms with Crippen LogP contribution < -0.4 is 5.32 Å². The number of rotatable bonds is 5. The molecule has 1 saturated heterocycles. The van der Waals surface area contributed by atoms with Crippen LogP contribution in [-0.4, -0.2) is 50.2 Å². The van der Waals surface area contributed by atoms with E-state index in [1.807, 2.05) is 5.38 Å². The molecule has 1 fully saturated rings. The SMILES string of the molecule is Cc1nc(C(=O)N2CCCC[C@H]2CNC(=O)c2c(C)nc3sccn23)c(-c2ccccc2C(F)(F)F)s1. The summed E-state index contributed by atoms with van der Waals surface area (Å²) in [5.74, 6) is -0.707. The highest BCUT2D eigenvalue weighted by atomic mass is 32.1. The first-order valence-electron chi connectivity index (χ1n) is 11.8. The molecule has 1 aliphatic rings. The van der Waals surface area contributed by atoms with Crippen molar-refractivity contribution in [2.75, 3.05) is 13.1 Å². The largest absolute Gasteiger partial charge is 0.417 e. The van der Waals surface area contributed by atoms with Gasteiger partial charge in [0.2, 0.25) is 0 Å². The number of halogens is 3. The molecule has 0 unspecified atom stereocenters. The molecule has 0 saturated carbocycles. The number of fused-ring (bicyclic) bond motifs is 1. The first-order chi connectivity index (χ1) is 17.6. The second-order valence-electron chi connectivity index (χ2n) is 8.91. The van der Waals surface area contributed by atoms with E-state index < -0.39 is 17.6 Å². The lowest BCUT2D eigenvalue weighted by atomic mass is 10.00. The zero-order valence-corrected chi connectivity index (χ0v) is 21.8. The van der Waals surface area contributed by atoms with Crippen LogP contribution in [0, 0.1) is 13.8 Å². The molecular weight excluding hydrogens is 523 g/mol. The lowest BCUT2D eigenvalue weighted by Gasteiger charge is -2.35. The molecule has 37 heavy (non-hydrogen) atoms. The predicted molar refractivity (Wildman–Crippen MR) is 136 cm³/mol. The summed E-state index contributed by atoms with van der Waals surface area (Å²) < 4.78 is 42.9. The normalized spacial score (nSPS) is 16.4. The molecule has 2 amide bonds. The minimum atomic E-state index is -4.56. The molecule has 1 aliphatic heterocycles. The van der Waals surface area contributed by atoms with Crippen molar-refractivity contribution in [3.63, 3.8) is 0 Å². The van der Waals surface area contributed by atoms with Crippen LogP contribution in [0.1, 0.15) is 56.5 Å². The lowest BCUT2D eigenvalue weighted by molar-refractivity contribution is -0.137. The molecule has 0 spiro atoms. The van der Waals surface area contributed by atoms with Gasteiger partial charge in [0.25, 0.3) is 11.8 Å². The molecule has 194 valence electrons. The van der Waals surface area contributed by atoms with Gasteiger partial charge in [0.05, 0.1) is 21.1 Å². The molecule has 0 aliphatic carbocycles. The highest BCUT2D eigenvalue weighted by Gasteiger charge is 2.37. The van der Waals surface area contributed by atoms with Crippen LogP contribution in [0.15, 0.2) is 35.8 Å². The third-order valence-corrected chi connectivity index (χ3v) is 8.21. The van der Waals surface area contributed by atoms with E-state index in [-0.39, 0.29) is 34.6 Å². The summed E-state index contributed by atoms with van der Waals surface area (Å²) in [6.45, 7) is 4.11. The predicted octanol–water partition coefficient (Wildman–Crippen LogP) is 5.58. The molecule has 1 atom stereocenters. The van der Waals surface area contributed by atoms with Crippen LogP contribution >= 0.6 is 22.7 Å². The Kier molecular flexibility index (Phi) is 6.80. The molecular formula is C25H24F3N5O2S2. The van der Waals surface area contributed by atoms with E-state index in [2.05, 4.69) is 15.3 Å². The number of piperidine rings is 1. The Morgan fingerprint density at radius 2 is 1.95 bits per heavy atom. The standard InChI is InChI=1S/C25H24F3N5O2S2/c1-14-20(33-11-12-36-24(33)30-14)22(34)29-13-16-7-5-6-10-32(16)23(35)19-21(37-15(2)31-19)17-8-3-4-9-18(17)25(26,27)28/h3-4,8-9,11-12,16H,5-7,10,13H2,1-2H3,(H,29,34)/t16-/m0/s1. The Labute approximate surface area is 219 Å². The van der Waals surface area contributed by atoms with E-state index in [1.54, 1.807) is 29.3 Å². The monoisotopic (exact) mass is 547 g/mol. The van der Waals surface area contributed by atoms with E-state index in [0.717, 1.165) is 35.2 Å². The van der Waals surface area contributed by atoms with Crippen molar-refractivity contribution in [1.82, 2.24) is 24.6 Å². The zero-order valence-electron chi connectivity index (χ0n) is 20.1. The van der Waals surface area contributed by atoms with Crippen molar-refractivity contribution >= 4 is 39.4 Å². The smallest absolute Gasteiger partial charge is 0.349 e. The van der Waals surface area contributed by atoms with E-state index in [0.29, 0.717) is 29.4 Å². The van der Waals surface area contributed by atoms with Crippen LogP contribution in [0.4, 0.5) is 13.2 Å². The minimum absolute atomic E-state index is 0.0176. The Morgan fingerprint density at radius 1 is 1.16 bits per heavy atom. The fourth-order valence-corrected chi connectivity index (χ4v) is 6.47. The fourth-order valence-electron chi connectivity index (χ4n) is 4.76. The number of likely N-dealkylation sites (tertiary alicyclic amines) is 1. The van der Waals surface area contributed by atoms with Gasteiger partial charge in [0.1, 0.15) is 11.4 Å². The molecule has 0 radical (unpaired) electrons. The molecule has 12 heteroatoms. The van der Waals surface area contributed by atoms with Gasteiger partial charge >= 0.3 is 6.18 Å². The number of hydrogen-bond acceptors (Lipinski definition) is 6. The average molecular weight is 548 g/mol. The van der Waals surface area contributed by atoms with Crippen LogP contribution in [0.25, 0.3) is 15.4 Å². The van der Waals surface area contributed by atoms with E-state index in [1.165, 1.54) is 29.5 Å². The summed E-state index contributed by atoms with van der Waals surface area (Å²) in [7, 11) is 0. The number of alkyl halides is 3. The molecule has 3 aromatic heterocycles. The highest BCUT2D eigenvalue weighted by Crippen LogP contribution is 2.41. The molecule has 4 aromatic rings. The lowest BCUT2D eigenvalue weighted by Crippen LogP contribution is -2.49. The number of carbonyl (C=O) groups excluding carboxylic acids is 2. The van der Waals surface area contributed by atoms with Crippen LogP contribution in [-0.2, 0) is 6.18 Å². The summed E-state index contributed by atoms with van der Waals surface area (Å²) in [4.78, 5) is 38.1. The van der Waals surface area contributed by atoms with Gasteiger partial charge in [-0.2, -0.15) is 13.2 Å². The Balaban J connectivity index is 1.40. The average Bonchev–Trinajstić information content (AvgIpc) is 3.56. The van der Waals surface area contributed by atoms with Crippen molar-refractivity contribution < 1.29 is 22.8 Å². The number of imidazole rings is 1. The Morgan fingerprint density at radius 3 is 2.73 bits per heavy atom. The van der Waals surface area contributed by atoms with Crippen LogP contribution in [0.3, 0.4) is 0 Å². The topological polar surface area (TPSA) is 79.6 Å². The van der Waals surface area contributed by atoms with Gasteiger partial charge in [0.15, 0.2) is 4.96 Å². The van der Waals surface area contributed by atoms with Crippen LogP contribution in [0.5, 0.6) is 0 Å². The fraction of sp³-hybridized carbons (Fsp3) is 0.360. The number of carbonyl (C=O) groups is 2. The third kappa shape index (κ3) is 4.87. The summed E-state index contributed by atoms with van der Waals surface area (Å²) in [5, 5.41) is 5.30.